The van der Waals surface area contributed by atoms with Crippen LogP contribution in [0.1, 0.15) is 4.11 Å². The molecule has 7 heteroatoms. The van der Waals surface area contributed by atoms with Gasteiger partial charge in [0.1, 0.15) is 0 Å². The van der Waals surface area contributed by atoms with Crippen molar-refractivity contribution in [3.05, 3.63) is 30.6 Å². The Hall–Kier alpha value is -1.53. The molecule has 0 aliphatic heterocycles. The molecule has 1 heterocycles. The van der Waals surface area contributed by atoms with Crippen LogP contribution in [0.3, 0.4) is 0 Å². The van der Waals surface area contributed by atoms with Gasteiger partial charge in [-0.15, -0.1) is 0 Å². The minimum Gasteiger partial charge on any atom is -0.418 e. The summed E-state index contributed by atoms with van der Waals surface area (Å²) >= 11 is 0. The third kappa shape index (κ3) is 4.01. The van der Waals surface area contributed by atoms with E-state index in [1.165, 1.54) is 10.9 Å². The molecular weight excluding hydrogens is 211 g/mol. The molecule has 0 radical (unpaired) electrons. The molecule has 1 aromatic heterocycles. The normalized spacial score (nSPS) is 14.8. The average molecular weight is 223 g/mol. The number of benzene rings is 1. The molecular formula is C8H9BF4N2. The fourth-order valence-corrected chi connectivity index (χ4v) is 1.01. The van der Waals surface area contributed by atoms with Crippen LogP contribution >= 0.6 is 0 Å². The van der Waals surface area contributed by atoms with Crippen molar-refractivity contribution < 1.29 is 25.9 Å². The van der Waals surface area contributed by atoms with Crippen LogP contribution in [-0.2, 0) is 6.98 Å². The lowest BCUT2D eigenvalue weighted by atomic mass is 10.3. The molecule has 82 valence electrons. The van der Waals surface area contributed by atoms with Crippen LogP contribution in [0.25, 0.3) is 11.0 Å². The van der Waals surface area contributed by atoms with Crippen molar-refractivity contribution in [3.8, 4) is 0 Å². The zero-order valence-electron chi connectivity index (χ0n) is 10.4. The Labute approximate surface area is 87.9 Å². The molecule has 2 aromatic rings. The molecule has 2 rings (SSSR count). The van der Waals surface area contributed by atoms with Crippen LogP contribution in [0.15, 0.2) is 30.6 Å². The highest BCUT2D eigenvalue weighted by molar-refractivity contribution is 6.50. The number of nitrogens with one attached hydrogen (secondary N) is 1. The maximum atomic E-state index is 9.75. The highest BCUT2D eigenvalue weighted by Crippen LogP contribution is 2.06. The molecule has 0 fully saturated rings. The molecule has 2 nitrogen and oxygen atoms in total. The van der Waals surface area contributed by atoms with E-state index in [-0.39, 0.29) is 0 Å². The maximum absolute atomic E-state index is 9.75. The van der Waals surface area contributed by atoms with Gasteiger partial charge in [-0.25, -0.2) is 9.55 Å². The summed E-state index contributed by atoms with van der Waals surface area (Å²) in [7, 11) is -6.00. The van der Waals surface area contributed by atoms with Crippen molar-refractivity contribution in [1.29, 1.82) is 0 Å². The van der Waals surface area contributed by atoms with Gasteiger partial charge in [-0.1, -0.05) is 12.1 Å². The number of rotatable bonds is 0. The molecule has 0 saturated carbocycles. The van der Waals surface area contributed by atoms with E-state index in [0.717, 1.165) is 5.52 Å². The number of imidazole rings is 1. The second kappa shape index (κ2) is 4.33. The number of aryl methyl sites for hydroxylation is 1. The number of aromatic amines is 1. The van der Waals surface area contributed by atoms with E-state index in [9.17, 15) is 17.3 Å². The molecule has 0 aliphatic rings. The van der Waals surface area contributed by atoms with Crippen molar-refractivity contribution >= 4 is 18.3 Å². The van der Waals surface area contributed by atoms with E-state index in [4.69, 9.17) is 4.11 Å². The van der Waals surface area contributed by atoms with Crippen LogP contribution < -0.4 is 4.57 Å². The second-order valence-corrected chi connectivity index (χ2v) is 2.66. The minimum atomic E-state index is -6.00. The summed E-state index contributed by atoms with van der Waals surface area (Å²) in [6.07, 6.45) is 1.47. The van der Waals surface area contributed by atoms with Crippen LogP contribution in [0.5, 0.6) is 0 Å². The molecule has 0 amide bonds. The maximum Gasteiger partial charge on any atom is 0.673 e. The summed E-state index contributed by atoms with van der Waals surface area (Å²) in [5, 5.41) is 0. The zero-order chi connectivity index (χ0) is 14.0. The first kappa shape index (κ1) is 7.73. The minimum absolute atomic E-state index is 0.697. The quantitative estimate of drug-likeness (QED) is 0.401. The average Bonchev–Trinajstić information content (AvgIpc) is 2.57. The van der Waals surface area contributed by atoms with Crippen LogP contribution in [0.2, 0.25) is 0 Å². The summed E-state index contributed by atoms with van der Waals surface area (Å²) in [5.74, 6) is 0. The van der Waals surface area contributed by atoms with Crippen LogP contribution in [0.4, 0.5) is 17.3 Å². The summed E-state index contributed by atoms with van der Waals surface area (Å²) in [6.45, 7) is -2.11. The predicted molar refractivity (Wildman–Crippen MR) is 49.7 cm³/mol. The Kier molecular flexibility index (Phi) is 2.23. The molecule has 0 spiro atoms. The molecule has 0 saturated heterocycles. The lowest BCUT2D eigenvalue weighted by Gasteiger charge is -1.94. The van der Waals surface area contributed by atoms with Gasteiger partial charge in [0.25, 0.3) is 0 Å². The number of halogens is 4. The second-order valence-electron chi connectivity index (χ2n) is 2.66. The zero-order valence-corrected chi connectivity index (χ0v) is 7.42. The number of hydrogen-bond acceptors (Lipinski definition) is 0. The first-order valence-electron chi connectivity index (χ1n) is 5.44. The van der Waals surface area contributed by atoms with Crippen molar-refractivity contribution in [2.45, 2.75) is 0 Å². The van der Waals surface area contributed by atoms with Crippen molar-refractivity contribution in [2.24, 2.45) is 6.98 Å². The van der Waals surface area contributed by atoms with Crippen molar-refractivity contribution in [1.82, 2.24) is 4.98 Å². The summed E-state index contributed by atoms with van der Waals surface area (Å²) in [6, 6.07) is 7.30. The number of nitrogens with zero attached hydrogens (tertiary/aromatic N) is 1. The van der Waals surface area contributed by atoms with Gasteiger partial charge in [-0.3, -0.25) is 0 Å². The largest absolute Gasteiger partial charge is 0.673 e. The topological polar surface area (TPSA) is 19.7 Å². The summed E-state index contributed by atoms with van der Waals surface area (Å²) in [4.78, 5) is 2.90. The Bertz CT molecular complexity index is 517. The Balaban J connectivity index is 0.000000280. The third-order valence-corrected chi connectivity index (χ3v) is 1.51. The van der Waals surface area contributed by atoms with E-state index in [0.29, 0.717) is 5.52 Å². The van der Waals surface area contributed by atoms with Gasteiger partial charge < -0.3 is 17.3 Å². The number of H-pyrrole nitrogens is 1. The lowest BCUT2D eigenvalue weighted by Crippen LogP contribution is -2.24. The van der Waals surface area contributed by atoms with Gasteiger partial charge in [-0.2, -0.15) is 0 Å². The van der Waals surface area contributed by atoms with E-state index < -0.39 is 14.2 Å². The summed E-state index contributed by atoms with van der Waals surface area (Å²) in [5.41, 5.74) is 1.53. The fraction of sp³-hybridized carbons (Fsp3) is 0.125. The Morgan fingerprint density at radius 1 is 1.27 bits per heavy atom. The molecule has 0 aliphatic carbocycles. The van der Waals surface area contributed by atoms with Gasteiger partial charge in [0.05, 0.1) is 11.1 Å². The van der Waals surface area contributed by atoms with Gasteiger partial charge >= 0.3 is 7.25 Å². The predicted octanol–water partition coefficient (Wildman–Crippen LogP) is 2.29. The van der Waals surface area contributed by atoms with Crippen molar-refractivity contribution in [3.63, 3.8) is 0 Å². The Morgan fingerprint density at radius 2 is 1.87 bits per heavy atom. The van der Waals surface area contributed by atoms with Crippen molar-refractivity contribution in [2.75, 3.05) is 0 Å². The SMILES string of the molecule is F[B-](F)(F)F.[2H]C([2H])([2H])[n+]1c[nH]c2ccccc21. The van der Waals surface area contributed by atoms with Gasteiger partial charge in [0, 0.05) is 0 Å². The first-order chi connectivity index (χ1) is 8.09. The van der Waals surface area contributed by atoms with E-state index >= 15 is 0 Å². The standard InChI is InChI=1S/C8H8N2.BF4/c1-10-6-9-7-4-2-3-5-8(7)10;2-1(3,4)5/h2-6H,1H3;/q;-1/p+1/i1D3;. The Morgan fingerprint density at radius 3 is 2.47 bits per heavy atom. The van der Waals surface area contributed by atoms with E-state index in [1.807, 2.05) is 18.2 Å². The highest BCUT2D eigenvalue weighted by Gasteiger charge is 2.20. The number of fused-ring (bicyclic) bond motifs is 1. The van der Waals surface area contributed by atoms with Crippen LogP contribution in [-0.4, -0.2) is 12.2 Å². The van der Waals surface area contributed by atoms with Gasteiger partial charge in [-0.05, 0) is 12.1 Å². The number of aromatic nitrogens is 2. The number of para-hydroxylation sites is 2. The van der Waals surface area contributed by atoms with Crippen LogP contribution in [0, 0.1) is 0 Å². The third-order valence-electron chi connectivity index (χ3n) is 1.51. The molecule has 0 unspecified atom stereocenters. The first-order valence-corrected chi connectivity index (χ1v) is 3.94. The van der Waals surface area contributed by atoms with E-state index in [1.54, 1.807) is 6.07 Å². The molecule has 15 heavy (non-hydrogen) atoms. The summed E-state index contributed by atoms with van der Waals surface area (Å²) < 4.78 is 62.0. The number of hydrogen-bond donors (Lipinski definition) is 1. The molecule has 0 bridgehead atoms. The van der Waals surface area contributed by atoms with Gasteiger partial charge in [0.2, 0.25) is 6.33 Å². The molecule has 1 aromatic carbocycles. The fourth-order valence-electron chi connectivity index (χ4n) is 1.01. The smallest absolute Gasteiger partial charge is 0.418 e. The highest BCUT2D eigenvalue weighted by atomic mass is 19.5. The van der Waals surface area contributed by atoms with Gasteiger partial charge in [0.15, 0.2) is 11.0 Å². The molecule has 0 atom stereocenters. The lowest BCUT2D eigenvalue weighted by molar-refractivity contribution is -0.644. The van der Waals surface area contributed by atoms with E-state index in [2.05, 4.69) is 4.98 Å². The molecule has 1 N–H and O–H groups in total. The monoisotopic (exact) mass is 223 g/mol.